The van der Waals surface area contributed by atoms with Crippen LogP contribution < -0.4 is 4.74 Å². The van der Waals surface area contributed by atoms with Crippen molar-refractivity contribution in [3.63, 3.8) is 0 Å². The van der Waals surface area contributed by atoms with Crippen molar-refractivity contribution in [2.45, 2.75) is 0 Å². The van der Waals surface area contributed by atoms with Crippen LogP contribution >= 0.6 is 11.6 Å². The minimum Gasteiger partial charge on any atom is -0.477 e. The number of carboxylic acid groups (broad SMARTS) is 1. The molecule has 0 radical (unpaired) electrons. The van der Waals surface area contributed by atoms with Gasteiger partial charge in [0.25, 0.3) is 5.69 Å². The van der Waals surface area contributed by atoms with Crippen LogP contribution in [0.4, 0.5) is 10.1 Å². The number of benzene rings is 1. The van der Waals surface area contributed by atoms with E-state index >= 15 is 0 Å². The van der Waals surface area contributed by atoms with E-state index in [2.05, 4.69) is 4.98 Å². The highest BCUT2D eigenvalue weighted by Gasteiger charge is 2.20. The molecule has 0 saturated heterocycles. The molecule has 1 aromatic heterocycles. The third kappa shape index (κ3) is 3.23. The quantitative estimate of drug-likeness (QED) is 0.686. The average molecular weight is 313 g/mol. The summed E-state index contributed by atoms with van der Waals surface area (Å²) in [7, 11) is 0. The van der Waals surface area contributed by atoms with Gasteiger partial charge in [-0.3, -0.25) is 10.1 Å². The van der Waals surface area contributed by atoms with Crippen LogP contribution in [-0.4, -0.2) is 21.0 Å². The second-order valence-corrected chi connectivity index (χ2v) is 4.19. The van der Waals surface area contributed by atoms with Crippen LogP contribution in [0.15, 0.2) is 30.5 Å². The SMILES string of the molecule is O=C(O)c1cc([N+](=O)[O-])cnc1Oc1ccc(F)cc1Cl. The first-order valence-electron chi connectivity index (χ1n) is 5.39. The Morgan fingerprint density at radius 1 is 1.43 bits per heavy atom. The van der Waals surface area contributed by atoms with Crippen LogP contribution in [0.2, 0.25) is 5.02 Å². The summed E-state index contributed by atoms with van der Waals surface area (Å²) in [4.78, 5) is 24.5. The van der Waals surface area contributed by atoms with Crippen molar-refractivity contribution in [2.24, 2.45) is 0 Å². The maximum atomic E-state index is 12.9. The molecule has 0 aliphatic carbocycles. The topological polar surface area (TPSA) is 103 Å². The Bertz CT molecular complexity index is 738. The third-order valence-electron chi connectivity index (χ3n) is 2.38. The van der Waals surface area contributed by atoms with Gasteiger partial charge in [-0.05, 0) is 18.2 Å². The molecule has 1 heterocycles. The number of hydrogen-bond acceptors (Lipinski definition) is 5. The van der Waals surface area contributed by atoms with Crippen molar-refractivity contribution in [2.75, 3.05) is 0 Å². The van der Waals surface area contributed by atoms with Crippen LogP contribution in [0.3, 0.4) is 0 Å². The molecule has 0 saturated carbocycles. The fourth-order valence-electron chi connectivity index (χ4n) is 1.44. The molecule has 2 aromatic rings. The Hall–Kier alpha value is -2.74. The maximum absolute atomic E-state index is 12.9. The second-order valence-electron chi connectivity index (χ2n) is 3.79. The summed E-state index contributed by atoms with van der Waals surface area (Å²) >= 11 is 5.74. The van der Waals surface area contributed by atoms with Crippen molar-refractivity contribution in [3.05, 3.63) is 57.0 Å². The number of aromatic carboxylic acids is 1. The molecule has 0 unspecified atom stereocenters. The fraction of sp³-hybridized carbons (Fsp3) is 0. The number of aromatic nitrogens is 1. The van der Waals surface area contributed by atoms with E-state index in [1.54, 1.807) is 0 Å². The number of halogens is 2. The van der Waals surface area contributed by atoms with E-state index in [0.29, 0.717) is 0 Å². The van der Waals surface area contributed by atoms with Gasteiger partial charge in [-0.1, -0.05) is 11.6 Å². The summed E-state index contributed by atoms with van der Waals surface area (Å²) in [5.41, 5.74) is -1.01. The summed E-state index contributed by atoms with van der Waals surface area (Å²) in [6.07, 6.45) is 0.846. The van der Waals surface area contributed by atoms with E-state index in [0.717, 1.165) is 24.4 Å². The maximum Gasteiger partial charge on any atom is 0.341 e. The monoisotopic (exact) mass is 312 g/mol. The molecule has 0 fully saturated rings. The van der Waals surface area contributed by atoms with Gasteiger partial charge in [-0.15, -0.1) is 0 Å². The summed E-state index contributed by atoms with van der Waals surface area (Å²) in [5.74, 6) is -2.47. The number of rotatable bonds is 4. The molecule has 0 aliphatic rings. The molecule has 21 heavy (non-hydrogen) atoms. The summed E-state index contributed by atoms with van der Waals surface area (Å²) in [6, 6.07) is 4.03. The predicted octanol–water partition coefficient (Wildman–Crippen LogP) is 3.27. The first kappa shape index (κ1) is 14.7. The molecular formula is C12H6ClFN2O5. The van der Waals surface area contributed by atoms with E-state index in [1.807, 2.05) is 0 Å². The fourth-order valence-corrected chi connectivity index (χ4v) is 1.64. The largest absolute Gasteiger partial charge is 0.477 e. The molecular weight excluding hydrogens is 307 g/mol. The zero-order valence-corrected chi connectivity index (χ0v) is 10.9. The zero-order valence-electron chi connectivity index (χ0n) is 10.1. The van der Waals surface area contributed by atoms with Gasteiger partial charge in [-0.25, -0.2) is 14.2 Å². The molecule has 108 valence electrons. The van der Waals surface area contributed by atoms with Crippen LogP contribution in [0, 0.1) is 15.9 Å². The van der Waals surface area contributed by atoms with Gasteiger partial charge in [0.1, 0.15) is 23.3 Å². The van der Waals surface area contributed by atoms with Gasteiger partial charge in [0.05, 0.1) is 9.95 Å². The van der Waals surface area contributed by atoms with E-state index in [9.17, 15) is 19.3 Å². The van der Waals surface area contributed by atoms with Gasteiger partial charge in [0.15, 0.2) is 0 Å². The first-order valence-corrected chi connectivity index (χ1v) is 5.77. The van der Waals surface area contributed by atoms with Crippen LogP contribution in [0.25, 0.3) is 0 Å². The zero-order chi connectivity index (χ0) is 15.6. The summed E-state index contributed by atoms with van der Waals surface area (Å²) in [5, 5.41) is 19.5. The normalized spacial score (nSPS) is 10.2. The lowest BCUT2D eigenvalue weighted by atomic mass is 10.2. The van der Waals surface area contributed by atoms with Gasteiger partial charge in [0, 0.05) is 6.07 Å². The molecule has 0 atom stereocenters. The van der Waals surface area contributed by atoms with Crippen molar-refractivity contribution in [1.82, 2.24) is 4.98 Å². The first-order chi connectivity index (χ1) is 9.88. The molecule has 1 aromatic carbocycles. The molecule has 0 amide bonds. The van der Waals surface area contributed by atoms with Gasteiger partial charge < -0.3 is 9.84 Å². The molecule has 0 bridgehead atoms. The van der Waals surface area contributed by atoms with Crippen LogP contribution in [-0.2, 0) is 0 Å². The number of pyridine rings is 1. The van der Waals surface area contributed by atoms with E-state index < -0.39 is 28.0 Å². The highest BCUT2D eigenvalue weighted by Crippen LogP contribution is 2.31. The van der Waals surface area contributed by atoms with Gasteiger partial charge in [0.2, 0.25) is 5.88 Å². The number of carbonyl (C=O) groups is 1. The number of carboxylic acids is 1. The van der Waals surface area contributed by atoms with Crippen LogP contribution in [0.5, 0.6) is 11.6 Å². The lowest BCUT2D eigenvalue weighted by Crippen LogP contribution is -2.04. The lowest BCUT2D eigenvalue weighted by molar-refractivity contribution is -0.385. The predicted molar refractivity (Wildman–Crippen MR) is 69.3 cm³/mol. The van der Waals surface area contributed by atoms with E-state index in [-0.39, 0.29) is 16.7 Å². The summed E-state index contributed by atoms with van der Waals surface area (Å²) in [6.45, 7) is 0. The molecule has 0 spiro atoms. The number of hydrogen-bond donors (Lipinski definition) is 1. The van der Waals surface area contributed by atoms with Crippen molar-refractivity contribution in [1.29, 1.82) is 0 Å². The molecule has 2 rings (SSSR count). The highest BCUT2D eigenvalue weighted by molar-refractivity contribution is 6.32. The smallest absolute Gasteiger partial charge is 0.341 e. The average Bonchev–Trinajstić information content (AvgIpc) is 2.41. The lowest BCUT2D eigenvalue weighted by Gasteiger charge is -2.08. The number of ether oxygens (including phenoxy) is 1. The highest BCUT2D eigenvalue weighted by atomic mass is 35.5. The van der Waals surface area contributed by atoms with Gasteiger partial charge >= 0.3 is 5.97 Å². The molecule has 1 N–H and O–H groups in total. The molecule has 7 nitrogen and oxygen atoms in total. The van der Waals surface area contributed by atoms with Crippen LogP contribution in [0.1, 0.15) is 10.4 Å². The summed E-state index contributed by atoms with van der Waals surface area (Å²) < 4.78 is 18.1. The Morgan fingerprint density at radius 2 is 2.14 bits per heavy atom. The Morgan fingerprint density at radius 3 is 2.71 bits per heavy atom. The number of nitro groups is 1. The Labute approximate surface area is 121 Å². The standard InChI is InChI=1S/C12H6ClFN2O5/c13-9-3-6(14)1-2-10(9)21-11-8(12(17)18)4-7(5-15-11)16(19)20/h1-5H,(H,17,18). The van der Waals surface area contributed by atoms with E-state index in [1.165, 1.54) is 6.07 Å². The second kappa shape index (κ2) is 5.71. The van der Waals surface area contributed by atoms with Crippen molar-refractivity contribution >= 4 is 23.3 Å². The third-order valence-corrected chi connectivity index (χ3v) is 2.67. The Balaban J connectivity index is 2.44. The van der Waals surface area contributed by atoms with Crippen molar-refractivity contribution in [3.8, 4) is 11.6 Å². The minimum absolute atomic E-state index is 0.0260. The van der Waals surface area contributed by atoms with E-state index in [4.69, 9.17) is 21.4 Å². The minimum atomic E-state index is -1.46. The van der Waals surface area contributed by atoms with Gasteiger partial charge in [-0.2, -0.15) is 0 Å². The molecule has 9 heteroatoms. The molecule has 0 aliphatic heterocycles. The van der Waals surface area contributed by atoms with Crippen molar-refractivity contribution < 1.29 is 24.0 Å². The Kier molecular flexibility index (Phi) is 3.99. The number of nitrogens with zero attached hydrogens (tertiary/aromatic N) is 2.